The summed E-state index contributed by atoms with van der Waals surface area (Å²) < 4.78 is 1.67. The summed E-state index contributed by atoms with van der Waals surface area (Å²) in [6, 6.07) is 7.66. The van der Waals surface area contributed by atoms with Crippen LogP contribution in [0.1, 0.15) is 21.6 Å². The van der Waals surface area contributed by atoms with Crippen LogP contribution in [0.5, 0.6) is 0 Å². The Labute approximate surface area is 106 Å². The number of nitrogens with one attached hydrogen (secondary N) is 1. The first kappa shape index (κ1) is 12.3. The third-order valence-corrected chi connectivity index (χ3v) is 2.75. The molecular weight excluding hydrogens is 228 g/mol. The summed E-state index contributed by atoms with van der Waals surface area (Å²) in [6.07, 6.45) is 1.76. The van der Waals surface area contributed by atoms with Crippen molar-refractivity contribution in [3.05, 3.63) is 47.3 Å². The Morgan fingerprint density at radius 1 is 1.44 bits per heavy atom. The van der Waals surface area contributed by atoms with Crippen LogP contribution in [0.4, 0.5) is 0 Å². The van der Waals surface area contributed by atoms with Crippen LogP contribution in [0.3, 0.4) is 0 Å². The van der Waals surface area contributed by atoms with Gasteiger partial charge in [-0.15, -0.1) is 0 Å². The van der Waals surface area contributed by atoms with Gasteiger partial charge in [-0.3, -0.25) is 4.79 Å². The molecule has 0 fully saturated rings. The second kappa shape index (κ2) is 5.01. The molecule has 0 bridgehead atoms. The fraction of sp³-hybridized carbons (Fsp3) is 0.231. The normalized spacial score (nSPS) is 10.4. The van der Waals surface area contributed by atoms with Gasteiger partial charge in [0, 0.05) is 19.8 Å². The van der Waals surface area contributed by atoms with Gasteiger partial charge in [-0.05, 0) is 24.6 Å². The minimum atomic E-state index is -0.199. The van der Waals surface area contributed by atoms with E-state index in [1.165, 1.54) is 0 Å². The molecule has 2 aromatic rings. The second-order valence-corrected chi connectivity index (χ2v) is 4.06. The number of nitrogens with zero attached hydrogens (tertiary/aromatic N) is 2. The summed E-state index contributed by atoms with van der Waals surface area (Å²) >= 11 is 0. The fourth-order valence-corrected chi connectivity index (χ4v) is 1.81. The molecule has 3 N–H and O–H groups in total. The number of hydrogen-bond acceptors (Lipinski definition) is 3. The van der Waals surface area contributed by atoms with Crippen LogP contribution in [0, 0.1) is 6.92 Å². The molecule has 94 valence electrons. The Morgan fingerprint density at radius 3 is 2.89 bits per heavy atom. The van der Waals surface area contributed by atoms with Crippen LogP contribution < -0.4 is 11.1 Å². The van der Waals surface area contributed by atoms with Gasteiger partial charge in [0.1, 0.15) is 0 Å². The quantitative estimate of drug-likeness (QED) is 0.846. The zero-order chi connectivity index (χ0) is 13.1. The van der Waals surface area contributed by atoms with Gasteiger partial charge in [-0.1, -0.05) is 17.7 Å². The average molecular weight is 244 g/mol. The van der Waals surface area contributed by atoms with Crippen molar-refractivity contribution < 1.29 is 4.79 Å². The molecular formula is C13H16N4O. The van der Waals surface area contributed by atoms with Crippen LogP contribution in [0.25, 0.3) is 5.69 Å². The molecule has 0 spiro atoms. The molecule has 1 heterocycles. The first-order valence-electron chi connectivity index (χ1n) is 5.73. The molecule has 0 unspecified atom stereocenters. The Morgan fingerprint density at radius 2 is 2.22 bits per heavy atom. The lowest BCUT2D eigenvalue weighted by Crippen LogP contribution is -2.18. The predicted octanol–water partition coefficient (Wildman–Crippen LogP) is 0.999. The van der Waals surface area contributed by atoms with Crippen LogP contribution in [-0.4, -0.2) is 22.7 Å². The molecule has 18 heavy (non-hydrogen) atoms. The lowest BCUT2D eigenvalue weighted by molar-refractivity contribution is 0.0957. The summed E-state index contributed by atoms with van der Waals surface area (Å²) in [5.41, 5.74) is 9.17. The maximum Gasteiger partial charge on any atom is 0.271 e. The number of hydrogen-bond donors (Lipinski definition) is 2. The lowest BCUT2D eigenvalue weighted by Gasteiger charge is -2.08. The highest BCUT2D eigenvalue weighted by Crippen LogP contribution is 2.15. The van der Waals surface area contributed by atoms with Gasteiger partial charge in [0.15, 0.2) is 5.69 Å². The molecule has 0 aliphatic rings. The van der Waals surface area contributed by atoms with E-state index in [2.05, 4.69) is 10.4 Å². The van der Waals surface area contributed by atoms with Crippen molar-refractivity contribution >= 4 is 5.91 Å². The number of carbonyl (C=O) groups is 1. The zero-order valence-electron chi connectivity index (χ0n) is 10.5. The highest BCUT2D eigenvalue weighted by Gasteiger charge is 2.10. The van der Waals surface area contributed by atoms with E-state index in [0.29, 0.717) is 12.2 Å². The van der Waals surface area contributed by atoms with E-state index in [9.17, 15) is 4.79 Å². The molecule has 0 radical (unpaired) electrons. The molecule has 0 aliphatic carbocycles. The van der Waals surface area contributed by atoms with Crippen molar-refractivity contribution in [2.45, 2.75) is 13.5 Å². The Hall–Kier alpha value is -2.14. The van der Waals surface area contributed by atoms with E-state index >= 15 is 0 Å². The van der Waals surface area contributed by atoms with Crippen molar-refractivity contribution in [1.82, 2.24) is 15.1 Å². The van der Waals surface area contributed by atoms with Gasteiger partial charge < -0.3 is 11.1 Å². The molecule has 1 amide bonds. The number of rotatable bonds is 3. The SMILES string of the molecule is CNC(=O)c1ccn(-c2ccc(C)cc2CN)n1. The topological polar surface area (TPSA) is 72.9 Å². The van der Waals surface area contributed by atoms with Gasteiger partial charge >= 0.3 is 0 Å². The van der Waals surface area contributed by atoms with Crippen LogP contribution in [0.15, 0.2) is 30.5 Å². The molecule has 2 rings (SSSR count). The number of benzene rings is 1. The Bertz CT molecular complexity index is 574. The highest BCUT2D eigenvalue weighted by atomic mass is 16.1. The van der Waals surface area contributed by atoms with Gasteiger partial charge in [-0.25, -0.2) is 4.68 Å². The maximum atomic E-state index is 11.5. The summed E-state index contributed by atoms with van der Waals surface area (Å²) in [5.74, 6) is -0.199. The van der Waals surface area contributed by atoms with Gasteiger partial charge in [0.25, 0.3) is 5.91 Å². The minimum Gasteiger partial charge on any atom is -0.354 e. The molecule has 5 heteroatoms. The zero-order valence-corrected chi connectivity index (χ0v) is 10.5. The molecule has 0 saturated carbocycles. The Kier molecular flexibility index (Phi) is 3.43. The smallest absolute Gasteiger partial charge is 0.271 e. The third kappa shape index (κ3) is 2.26. The molecule has 0 saturated heterocycles. The summed E-state index contributed by atoms with van der Waals surface area (Å²) in [5, 5.41) is 6.78. The van der Waals surface area contributed by atoms with E-state index in [-0.39, 0.29) is 5.91 Å². The van der Waals surface area contributed by atoms with Crippen molar-refractivity contribution in [1.29, 1.82) is 0 Å². The predicted molar refractivity (Wildman–Crippen MR) is 69.6 cm³/mol. The summed E-state index contributed by atoms with van der Waals surface area (Å²) in [4.78, 5) is 11.5. The van der Waals surface area contributed by atoms with Gasteiger partial charge in [-0.2, -0.15) is 5.10 Å². The highest BCUT2D eigenvalue weighted by molar-refractivity contribution is 5.91. The van der Waals surface area contributed by atoms with Crippen LogP contribution in [0.2, 0.25) is 0 Å². The number of aryl methyl sites for hydroxylation is 1. The third-order valence-electron chi connectivity index (χ3n) is 2.75. The van der Waals surface area contributed by atoms with Crippen LogP contribution in [-0.2, 0) is 6.54 Å². The molecule has 1 aromatic heterocycles. The molecule has 0 aliphatic heterocycles. The number of carbonyl (C=O) groups excluding carboxylic acids is 1. The summed E-state index contributed by atoms with van der Waals surface area (Å²) in [6.45, 7) is 2.45. The van der Waals surface area contributed by atoms with Crippen molar-refractivity contribution in [2.24, 2.45) is 5.73 Å². The number of amides is 1. The van der Waals surface area contributed by atoms with E-state index in [1.54, 1.807) is 24.0 Å². The average Bonchev–Trinajstić information content (AvgIpc) is 2.87. The number of aromatic nitrogens is 2. The minimum absolute atomic E-state index is 0.199. The molecule has 5 nitrogen and oxygen atoms in total. The second-order valence-electron chi connectivity index (χ2n) is 4.06. The van der Waals surface area contributed by atoms with Crippen molar-refractivity contribution in [3.8, 4) is 5.69 Å². The lowest BCUT2D eigenvalue weighted by atomic mass is 10.1. The van der Waals surface area contributed by atoms with E-state index < -0.39 is 0 Å². The van der Waals surface area contributed by atoms with Gasteiger partial charge in [0.2, 0.25) is 0 Å². The Balaban J connectivity index is 2.42. The molecule has 0 atom stereocenters. The fourth-order valence-electron chi connectivity index (χ4n) is 1.81. The molecule has 1 aromatic carbocycles. The first-order valence-corrected chi connectivity index (χ1v) is 5.73. The summed E-state index contributed by atoms with van der Waals surface area (Å²) in [7, 11) is 1.58. The largest absolute Gasteiger partial charge is 0.354 e. The maximum absolute atomic E-state index is 11.5. The van der Waals surface area contributed by atoms with Crippen molar-refractivity contribution in [3.63, 3.8) is 0 Å². The van der Waals surface area contributed by atoms with E-state index in [1.807, 2.05) is 25.1 Å². The van der Waals surface area contributed by atoms with Gasteiger partial charge in [0.05, 0.1) is 5.69 Å². The van der Waals surface area contributed by atoms with E-state index in [4.69, 9.17) is 5.73 Å². The van der Waals surface area contributed by atoms with Crippen molar-refractivity contribution in [2.75, 3.05) is 7.05 Å². The first-order chi connectivity index (χ1) is 8.65. The monoisotopic (exact) mass is 244 g/mol. The van der Waals surface area contributed by atoms with Crippen LogP contribution >= 0.6 is 0 Å². The standard InChI is InChI=1S/C13H16N4O/c1-9-3-4-12(10(7-9)8-14)17-6-5-11(16-17)13(18)15-2/h3-7H,8,14H2,1-2H3,(H,15,18). The number of nitrogens with two attached hydrogens (primary N) is 1. The van der Waals surface area contributed by atoms with E-state index in [0.717, 1.165) is 16.8 Å².